The van der Waals surface area contributed by atoms with Crippen LogP contribution in [0.4, 0.5) is 4.39 Å². The van der Waals surface area contributed by atoms with Gasteiger partial charge in [-0.05, 0) is 76.6 Å². The number of hydrogen-bond acceptors (Lipinski definition) is 8. The van der Waals surface area contributed by atoms with E-state index in [0.29, 0.717) is 54.9 Å². The number of ether oxygens (including phenoxy) is 1. The molecule has 0 bridgehead atoms. The Bertz CT molecular complexity index is 1570. The number of rotatable bonds is 10. The summed E-state index contributed by atoms with van der Waals surface area (Å²) in [6.45, 7) is 8.46. The van der Waals surface area contributed by atoms with Crippen LogP contribution >= 0.6 is 0 Å². The van der Waals surface area contributed by atoms with Gasteiger partial charge >= 0.3 is 11.9 Å². The van der Waals surface area contributed by atoms with Gasteiger partial charge in [0, 0.05) is 47.8 Å². The van der Waals surface area contributed by atoms with Crippen molar-refractivity contribution >= 4 is 22.9 Å². The molecule has 3 unspecified atom stereocenters. The maximum Gasteiger partial charge on any atom is 0.327 e. The Morgan fingerprint density at radius 2 is 1.98 bits per heavy atom. The Morgan fingerprint density at radius 1 is 1.21 bits per heavy atom. The molecule has 0 spiro atoms. The minimum absolute atomic E-state index is 0.0695. The van der Waals surface area contributed by atoms with Crippen molar-refractivity contribution in [2.24, 2.45) is 11.8 Å². The average Bonchev–Trinajstić information content (AvgIpc) is 3.39. The van der Waals surface area contributed by atoms with Crippen LogP contribution in [0.2, 0.25) is 0 Å². The summed E-state index contributed by atoms with van der Waals surface area (Å²) >= 11 is 0. The summed E-state index contributed by atoms with van der Waals surface area (Å²) in [6, 6.07) is 4.54. The van der Waals surface area contributed by atoms with Gasteiger partial charge in [-0.2, -0.15) is 0 Å². The van der Waals surface area contributed by atoms with Crippen molar-refractivity contribution < 1.29 is 28.3 Å². The average molecular weight is 595 g/mol. The van der Waals surface area contributed by atoms with Crippen LogP contribution in [0.5, 0.6) is 0 Å². The van der Waals surface area contributed by atoms with Crippen LogP contribution in [0.3, 0.4) is 0 Å². The summed E-state index contributed by atoms with van der Waals surface area (Å²) < 4.78 is 26.4. The minimum Gasteiger partial charge on any atom is -0.478 e. The molecule has 1 N–H and O–H groups in total. The van der Waals surface area contributed by atoms with Gasteiger partial charge in [-0.25, -0.2) is 14.2 Å². The van der Waals surface area contributed by atoms with Crippen molar-refractivity contribution in [3.8, 4) is 0 Å². The normalized spacial score (nSPS) is 19.4. The van der Waals surface area contributed by atoms with E-state index in [-0.39, 0.29) is 29.2 Å². The maximum atomic E-state index is 13.6. The van der Waals surface area contributed by atoms with E-state index in [1.807, 2.05) is 13.8 Å². The molecule has 0 amide bonds. The molecule has 4 heterocycles. The number of fused-ring (bicyclic) bond motifs is 2. The Labute approximate surface area is 249 Å². The Morgan fingerprint density at radius 3 is 2.72 bits per heavy atom. The summed E-state index contributed by atoms with van der Waals surface area (Å²) in [7, 11) is 0. The summed E-state index contributed by atoms with van der Waals surface area (Å²) in [5.41, 5.74) is 2.64. The third kappa shape index (κ3) is 7.04. The minimum atomic E-state index is -1.02. The van der Waals surface area contributed by atoms with Gasteiger partial charge in [0.2, 0.25) is 0 Å². The van der Waals surface area contributed by atoms with Gasteiger partial charge in [0.1, 0.15) is 5.82 Å². The molecule has 10 nitrogen and oxygen atoms in total. The molecule has 0 aliphatic carbocycles. The van der Waals surface area contributed by atoms with Crippen LogP contribution in [0, 0.1) is 24.6 Å². The first-order chi connectivity index (χ1) is 20.6. The van der Waals surface area contributed by atoms with Crippen molar-refractivity contribution in [2.45, 2.75) is 77.9 Å². The molecule has 2 aliphatic heterocycles. The number of carbonyl (C=O) groups is 2. The molecule has 11 heteroatoms. The van der Waals surface area contributed by atoms with Gasteiger partial charge in [0.05, 0.1) is 11.6 Å². The highest BCUT2D eigenvalue weighted by Crippen LogP contribution is 2.33. The molecular formula is C32H39FN4O6. The standard InChI is InChI=1S/C32H39FN4O6/c1-19(6-9-28(38)39)17-20(2)32(41)42-26-5-4-13-37-30(26)34-21(3)24(31(37)40)12-16-36-14-10-22(11-15-36)29-25-8-7-23(33)18-27(25)43-35-29/h6-9,18-20,22,26H,4-5,10-17H2,1-3H3,(H,38,39). The molecule has 1 saturated heterocycles. The van der Waals surface area contributed by atoms with Gasteiger partial charge in [-0.15, -0.1) is 0 Å². The predicted molar refractivity (Wildman–Crippen MR) is 157 cm³/mol. The number of halogens is 1. The molecule has 1 fully saturated rings. The maximum absolute atomic E-state index is 13.6. The van der Waals surface area contributed by atoms with E-state index in [1.165, 1.54) is 12.1 Å². The number of likely N-dealkylation sites (tertiary alicyclic amines) is 1. The fourth-order valence-corrected chi connectivity index (χ4v) is 6.31. The Hall–Kier alpha value is -3.86. The van der Waals surface area contributed by atoms with E-state index in [2.05, 4.69) is 10.1 Å². The Kier molecular flexibility index (Phi) is 9.39. The van der Waals surface area contributed by atoms with Crippen LogP contribution in [-0.4, -0.2) is 56.3 Å². The van der Waals surface area contributed by atoms with E-state index in [4.69, 9.17) is 19.4 Å². The van der Waals surface area contributed by atoms with Crippen molar-refractivity contribution in [2.75, 3.05) is 19.6 Å². The summed E-state index contributed by atoms with van der Waals surface area (Å²) in [5, 5.41) is 13.9. The molecule has 2 aliphatic rings. The number of aryl methyl sites for hydroxylation is 1. The lowest BCUT2D eigenvalue weighted by Gasteiger charge is -2.31. The summed E-state index contributed by atoms with van der Waals surface area (Å²) in [5.74, 6) is -1.52. The number of hydrogen-bond donors (Lipinski definition) is 1. The molecule has 1 aromatic carbocycles. The van der Waals surface area contributed by atoms with Gasteiger partial charge in [-0.1, -0.05) is 25.1 Å². The topological polar surface area (TPSA) is 128 Å². The number of esters is 1. The van der Waals surface area contributed by atoms with Crippen molar-refractivity contribution in [1.29, 1.82) is 0 Å². The largest absolute Gasteiger partial charge is 0.478 e. The lowest BCUT2D eigenvalue weighted by molar-refractivity contribution is -0.156. The zero-order valence-electron chi connectivity index (χ0n) is 24.9. The smallest absolute Gasteiger partial charge is 0.327 e. The van der Waals surface area contributed by atoms with E-state index < -0.39 is 18.0 Å². The van der Waals surface area contributed by atoms with Gasteiger partial charge < -0.3 is 19.3 Å². The second-order valence-electron chi connectivity index (χ2n) is 11.9. The van der Waals surface area contributed by atoms with E-state index in [9.17, 15) is 18.8 Å². The number of carboxylic acids is 1. The second kappa shape index (κ2) is 13.2. The summed E-state index contributed by atoms with van der Waals surface area (Å²) in [4.78, 5) is 44.3. The quantitative estimate of drug-likeness (QED) is 0.257. The molecule has 0 saturated carbocycles. The monoisotopic (exact) mass is 594 g/mol. The van der Waals surface area contributed by atoms with Crippen molar-refractivity contribution in [1.82, 2.24) is 19.6 Å². The van der Waals surface area contributed by atoms with Crippen LogP contribution in [-0.2, 0) is 27.3 Å². The number of aromatic nitrogens is 3. The third-order valence-electron chi connectivity index (χ3n) is 8.70. The highest BCUT2D eigenvalue weighted by Gasteiger charge is 2.30. The number of allylic oxidation sites excluding steroid dienone is 1. The van der Waals surface area contributed by atoms with Crippen LogP contribution in [0.25, 0.3) is 11.0 Å². The first-order valence-electron chi connectivity index (χ1n) is 15.1. The highest BCUT2D eigenvalue weighted by molar-refractivity contribution is 5.80. The highest BCUT2D eigenvalue weighted by atomic mass is 19.1. The molecule has 230 valence electrons. The molecule has 2 aromatic heterocycles. The second-order valence-corrected chi connectivity index (χ2v) is 11.9. The SMILES string of the molecule is Cc1nc2n(c(=O)c1CCN1CCC(c3noc4cc(F)ccc34)CC1)CCCC2OC(=O)C(C)CC(C)C=CC(=O)O. The number of benzene rings is 1. The predicted octanol–water partition coefficient (Wildman–Crippen LogP) is 4.94. The molecule has 3 atom stereocenters. The molecule has 5 rings (SSSR count). The third-order valence-corrected chi connectivity index (χ3v) is 8.70. The summed E-state index contributed by atoms with van der Waals surface area (Å²) in [6.07, 6.45) is 6.22. The number of carbonyl (C=O) groups excluding carboxylic acids is 1. The lowest BCUT2D eigenvalue weighted by Crippen LogP contribution is -2.38. The van der Waals surface area contributed by atoms with Crippen LogP contribution < -0.4 is 5.56 Å². The lowest BCUT2D eigenvalue weighted by atomic mass is 9.91. The van der Waals surface area contributed by atoms with E-state index in [1.54, 1.807) is 23.6 Å². The van der Waals surface area contributed by atoms with Crippen molar-refractivity contribution in [3.05, 3.63) is 69.3 Å². The fraction of sp³-hybridized carbons (Fsp3) is 0.531. The van der Waals surface area contributed by atoms with Gasteiger partial charge in [0.15, 0.2) is 17.5 Å². The number of nitrogens with zero attached hydrogens (tertiary/aromatic N) is 4. The number of carboxylic acid groups (broad SMARTS) is 1. The number of piperidine rings is 1. The fourth-order valence-electron chi connectivity index (χ4n) is 6.31. The van der Waals surface area contributed by atoms with Crippen LogP contribution in [0.15, 0.2) is 39.7 Å². The molecule has 43 heavy (non-hydrogen) atoms. The Balaban J connectivity index is 1.19. The van der Waals surface area contributed by atoms with E-state index in [0.717, 1.165) is 49.6 Å². The number of aliphatic carboxylic acids is 1. The first-order valence-corrected chi connectivity index (χ1v) is 15.1. The molecule has 0 radical (unpaired) electrons. The van der Waals surface area contributed by atoms with Gasteiger partial charge in [0.25, 0.3) is 5.56 Å². The van der Waals surface area contributed by atoms with Gasteiger partial charge in [-0.3, -0.25) is 14.2 Å². The van der Waals surface area contributed by atoms with Crippen LogP contribution in [0.1, 0.15) is 80.7 Å². The zero-order chi connectivity index (χ0) is 30.7. The molecule has 3 aromatic rings. The molecular weight excluding hydrogens is 555 g/mol. The van der Waals surface area contributed by atoms with E-state index >= 15 is 0 Å². The first kappa shape index (κ1) is 30.6. The van der Waals surface area contributed by atoms with Crippen molar-refractivity contribution in [3.63, 3.8) is 0 Å². The zero-order valence-corrected chi connectivity index (χ0v) is 24.9.